The van der Waals surface area contributed by atoms with Gasteiger partial charge in [0.15, 0.2) is 5.76 Å². The third-order valence-electron chi connectivity index (χ3n) is 5.05. The predicted molar refractivity (Wildman–Crippen MR) is 117 cm³/mol. The molecule has 1 atom stereocenters. The van der Waals surface area contributed by atoms with Crippen LogP contribution in [0.25, 0.3) is 11.3 Å². The molecular weight excluding hydrogens is 429 g/mol. The lowest BCUT2D eigenvalue weighted by Gasteiger charge is -2.24. The van der Waals surface area contributed by atoms with E-state index in [1.54, 1.807) is 41.7 Å². The number of furan rings is 1. The van der Waals surface area contributed by atoms with Crippen LogP contribution < -0.4 is 0 Å². The molecule has 3 heterocycles. The molecule has 1 aromatic carbocycles. The van der Waals surface area contributed by atoms with Crippen LogP contribution >= 0.6 is 34.5 Å². The fourth-order valence-corrected chi connectivity index (χ4v) is 4.74. The van der Waals surface area contributed by atoms with Crippen molar-refractivity contribution in [1.29, 1.82) is 0 Å². The monoisotopic (exact) mass is 449 g/mol. The smallest absolute Gasteiger partial charge is 0.289 e. The quantitative estimate of drug-likeness (QED) is 0.434. The first kappa shape index (κ1) is 20.5. The van der Waals surface area contributed by atoms with E-state index in [0.29, 0.717) is 34.5 Å². The number of ether oxygens (including phenoxy) is 1. The maximum atomic E-state index is 13.3. The van der Waals surface area contributed by atoms with Gasteiger partial charge in [-0.1, -0.05) is 23.2 Å². The number of aryl methyl sites for hydroxylation is 1. The Hall–Kier alpha value is -1.79. The van der Waals surface area contributed by atoms with E-state index in [9.17, 15) is 4.79 Å². The molecule has 7 heteroatoms. The Balaban J connectivity index is 1.59. The number of thiophene rings is 1. The molecular formula is C22H21Cl2NO3S. The number of hydrogen-bond acceptors (Lipinski definition) is 4. The van der Waals surface area contributed by atoms with Crippen molar-refractivity contribution in [3.8, 4) is 11.3 Å². The van der Waals surface area contributed by atoms with E-state index in [4.69, 9.17) is 32.4 Å². The summed E-state index contributed by atoms with van der Waals surface area (Å²) in [5.41, 5.74) is 1.85. The van der Waals surface area contributed by atoms with E-state index in [2.05, 4.69) is 13.0 Å². The van der Waals surface area contributed by atoms with Gasteiger partial charge in [0.2, 0.25) is 0 Å². The highest BCUT2D eigenvalue weighted by atomic mass is 35.5. The Kier molecular flexibility index (Phi) is 6.30. The summed E-state index contributed by atoms with van der Waals surface area (Å²) in [7, 11) is 0. The van der Waals surface area contributed by atoms with E-state index in [1.165, 1.54) is 10.4 Å². The zero-order valence-corrected chi connectivity index (χ0v) is 18.3. The SMILES string of the molecule is Cc1ccsc1CN(CC1CCCO1)C(=O)c1ccc(-c2cc(Cl)ccc2Cl)o1. The molecule has 1 unspecified atom stereocenters. The van der Waals surface area contributed by atoms with Crippen LogP contribution in [-0.4, -0.2) is 30.1 Å². The summed E-state index contributed by atoms with van der Waals surface area (Å²) in [5.74, 6) is 0.645. The average Bonchev–Trinajstić information content (AvgIpc) is 3.46. The fraction of sp³-hybridized carbons (Fsp3) is 0.318. The molecule has 4 nitrogen and oxygen atoms in total. The molecule has 2 aromatic heterocycles. The van der Waals surface area contributed by atoms with Gasteiger partial charge >= 0.3 is 0 Å². The van der Waals surface area contributed by atoms with Gasteiger partial charge in [-0.3, -0.25) is 4.79 Å². The largest absolute Gasteiger partial charge is 0.451 e. The number of amides is 1. The van der Waals surface area contributed by atoms with Gasteiger partial charge in [0, 0.05) is 28.6 Å². The van der Waals surface area contributed by atoms with Gasteiger partial charge in [0.05, 0.1) is 17.7 Å². The fourth-order valence-electron chi connectivity index (χ4n) is 3.43. The van der Waals surface area contributed by atoms with E-state index in [-0.39, 0.29) is 17.8 Å². The topological polar surface area (TPSA) is 42.7 Å². The lowest BCUT2D eigenvalue weighted by molar-refractivity contribution is 0.0486. The Bertz CT molecular complexity index is 1010. The molecule has 152 valence electrons. The molecule has 0 radical (unpaired) electrons. The molecule has 29 heavy (non-hydrogen) atoms. The zero-order valence-electron chi connectivity index (χ0n) is 16.0. The van der Waals surface area contributed by atoms with Gasteiger partial charge in [-0.2, -0.15) is 0 Å². The molecule has 0 spiro atoms. The number of carbonyl (C=O) groups is 1. The maximum Gasteiger partial charge on any atom is 0.289 e. The molecule has 1 aliphatic heterocycles. The molecule has 1 aliphatic rings. The molecule has 1 fully saturated rings. The van der Waals surface area contributed by atoms with Gasteiger partial charge in [0.25, 0.3) is 5.91 Å². The van der Waals surface area contributed by atoms with Crippen LogP contribution in [-0.2, 0) is 11.3 Å². The normalized spacial score (nSPS) is 16.3. The van der Waals surface area contributed by atoms with Crippen LogP contribution in [0.4, 0.5) is 0 Å². The first-order chi connectivity index (χ1) is 14.0. The summed E-state index contributed by atoms with van der Waals surface area (Å²) in [6, 6.07) is 10.7. The van der Waals surface area contributed by atoms with E-state index in [0.717, 1.165) is 19.4 Å². The van der Waals surface area contributed by atoms with Gasteiger partial charge < -0.3 is 14.1 Å². The summed E-state index contributed by atoms with van der Waals surface area (Å²) in [6.07, 6.45) is 2.06. The highest BCUT2D eigenvalue weighted by molar-refractivity contribution is 7.10. The van der Waals surface area contributed by atoms with Crippen molar-refractivity contribution >= 4 is 40.4 Å². The third-order valence-corrected chi connectivity index (χ3v) is 6.62. The van der Waals surface area contributed by atoms with Crippen molar-refractivity contribution in [2.24, 2.45) is 0 Å². The first-order valence-corrected chi connectivity index (χ1v) is 11.1. The van der Waals surface area contributed by atoms with Crippen molar-refractivity contribution in [3.05, 3.63) is 68.0 Å². The highest BCUT2D eigenvalue weighted by Gasteiger charge is 2.26. The molecule has 0 N–H and O–H groups in total. The summed E-state index contributed by atoms with van der Waals surface area (Å²) >= 11 is 14.0. The van der Waals surface area contributed by atoms with Crippen LogP contribution in [0.2, 0.25) is 10.0 Å². The van der Waals surface area contributed by atoms with Crippen LogP contribution in [0, 0.1) is 6.92 Å². The summed E-state index contributed by atoms with van der Waals surface area (Å²) in [5, 5.41) is 3.13. The van der Waals surface area contributed by atoms with E-state index in [1.807, 2.05) is 10.3 Å². The molecule has 0 saturated carbocycles. The summed E-state index contributed by atoms with van der Waals surface area (Å²) < 4.78 is 11.7. The first-order valence-electron chi connectivity index (χ1n) is 9.50. The lowest BCUT2D eigenvalue weighted by Crippen LogP contribution is -2.36. The molecule has 0 aliphatic carbocycles. The van der Waals surface area contributed by atoms with E-state index >= 15 is 0 Å². The number of nitrogens with zero attached hydrogens (tertiary/aromatic N) is 1. The van der Waals surface area contributed by atoms with Crippen molar-refractivity contribution in [2.45, 2.75) is 32.4 Å². The highest BCUT2D eigenvalue weighted by Crippen LogP contribution is 2.32. The molecule has 1 amide bonds. The van der Waals surface area contributed by atoms with Crippen molar-refractivity contribution in [1.82, 2.24) is 4.90 Å². The summed E-state index contributed by atoms with van der Waals surface area (Å²) in [4.78, 5) is 16.3. The standard InChI is InChI=1S/C22H21Cl2NO3S/c1-14-8-10-29-21(14)13-25(12-16-3-2-9-27-16)22(26)20-7-6-19(28-20)17-11-15(23)4-5-18(17)24/h4-8,10-11,16H,2-3,9,12-13H2,1H3. The number of halogens is 2. The predicted octanol–water partition coefficient (Wildman–Crippen LogP) is 6.44. The number of carbonyl (C=O) groups excluding carboxylic acids is 1. The summed E-state index contributed by atoms with van der Waals surface area (Å²) in [6.45, 7) is 3.90. The second-order valence-corrected chi connectivity index (χ2v) is 8.98. The molecule has 4 rings (SSSR count). The van der Waals surface area contributed by atoms with Crippen LogP contribution in [0.15, 0.2) is 46.2 Å². The minimum atomic E-state index is -0.155. The van der Waals surface area contributed by atoms with Crippen molar-refractivity contribution in [2.75, 3.05) is 13.2 Å². The van der Waals surface area contributed by atoms with Crippen LogP contribution in [0.5, 0.6) is 0 Å². The molecule has 1 saturated heterocycles. The second-order valence-electron chi connectivity index (χ2n) is 7.14. The zero-order chi connectivity index (χ0) is 20.4. The van der Waals surface area contributed by atoms with Crippen molar-refractivity contribution < 1.29 is 13.9 Å². The third kappa shape index (κ3) is 4.69. The average molecular weight is 450 g/mol. The van der Waals surface area contributed by atoms with Gasteiger partial charge in [0.1, 0.15) is 5.76 Å². The van der Waals surface area contributed by atoms with Crippen molar-refractivity contribution in [3.63, 3.8) is 0 Å². The second kappa shape index (κ2) is 8.92. The minimum Gasteiger partial charge on any atom is -0.451 e. The van der Waals surface area contributed by atoms with Crippen LogP contribution in [0.1, 0.15) is 33.8 Å². The number of hydrogen-bond donors (Lipinski definition) is 0. The molecule has 3 aromatic rings. The number of benzene rings is 1. The molecule has 0 bridgehead atoms. The lowest BCUT2D eigenvalue weighted by atomic mass is 10.2. The Morgan fingerprint density at radius 1 is 1.24 bits per heavy atom. The Morgan fingerprint density at radius 3 is 2.83 bits per heavy atom. The number of rotatable bonds is 6. The minimum absolute atomic E-state index is 0.0658. The van der Waals surface area contributed by atoms with Gasteiger partial charge in [-0.05, 0) is 67.1 Å². The van der Waals surface area contributed by atoms with Crippen LogP contribution in [0.3, 0.4) is 0 Å². The Labute approximate surface area is 184 Å². The Morgan fingerprint density at radius 2 is 2.10 bits per heavy atom. The van der Waals surface area contributed by atoms with Gasteiger partial charge in [-0.25, -0.2) is 0 Å². The van der Waals surface area contributed by atoms with E-state index < -0.39 is 0 Å². The van der Waals surface area contributed by atoms with Gasteiger partial charge in [-0.15, -0.1) is 11.3 Å². The maximum absolute atomic E-state index is 13.3.